The van der Waals surface area contributed by atoms with Crippen molar-refractivity contribution in [3.8, 4) is 0 Å². The highest BCUT2D eigenvalue weighted by Gasteiger charge is 2.29. The highest BCUT2D eigenvalue weighted by atomic mass is 16.5. The molecule has 1 saturated carbocycles. The normalized spacial score (nSPS) is 31.9. The van der Waals surface area contributed by atoms with E-state index in [0.29, 0.717) is 24.5 Å². The van der Waals surface area contributed by atoms with Gasteiger partial charge in [-0.05, 0) is 24.7 Å². The van der Waals surface area contributed by atoms with E-state index in [1.54, 1.807) is 0 Å². The molecule has 0 bridgehead atoms. The molecule has 0 aromatic carbocycles. The Morgan fingerprint density at radius 3 is 3.00 bits per heavy atom. The maximum absolute atomic E-state index is 12.0. The number of carbonyl (C=O) groups excluding carboxylic acids is 1. The zero-order valence-electron chi connectivity index (χ0n) is 11.6. The molecule has 1 amide bonds. The topological polar surface area (TPSA) is 50.4 Å². The van der Waals surface area contributed by atoms with Crippen molar-refractivity contribution in [3.05, 3.63) is 0 Å². The van der Waals surface area contributed by atoms with Crippen molar-refractivity contribution in [3.63, 3.8) is 0 Å². The summed E-state index contributed by atoms with van der Waals surface area (Å²) in [6.07, 6.45) is 5.26. The maximum Gasteiger partial charge on any atom is 0.222 e. The number of rotatable bonds is 3. The highest BCUT2D eigenvalue weighted by Crippen LogP contribution is 2.35. The van der Waals surface area contributed by atoms with Crippen molar-refractivity contribution in [2.75, 3.05) is 19.7 Å². The SMILES string of the molecule is CC1(C)CCCC(NC(=O)CC2CNCCO2)C1. The van der Waals surface area contributed by atoms with Crippen molar-refractivity contribution < 1.29 is 9.53 Å². The molecule has 2 aliphatic rings. The van der Waals surface area contributed by atoms with Gasteiger partial charge in [0.05, 0.1) is 19.1 Å². The molecule has 2 N–H and O–H groups in total. The fourth-order valence-electron chi connectivity index (χ4n) is 3.07. The largest absolute Gasteiger partial charge is 0.375 e. The van der Waals surface area contributed by atoms with Crippen LogP contribution < -0.4 is 10.6 Å². The van der Waals surface area contributed by atoms with Crippen LogP contribution in [0.5, 0.6) is 0 Å². The highest BCUT2D eigenvalue weighted by molar-refractivity contribution is 5.76. The summed E-state index contributed by atoms with van der Waals surface area (Å²) in [6, 6.07) is 0.359. The second-order valence-electron chi connectivity index (χ2n) is 6.43. The number of nitrogens with one attached hydrogen (secondary N) is 2. The Hall–Kier alpha value is -0.610. The average Bonchev–Trinajstić information content (AvgIpc) is 2.28. The van der Waals surface area contributed by atoms with Crippen molar-refractivity contribution in [2.45, 2.75) is 58.1 Å². The molecular weight excluding hydrogens is 228 g/mol. The van der Waals surface area contributed by atoms with E-state index in [4.69, 9.17) is 4.74 Å². The van der Waals surface area contributed by atoms with E-state index in [9.17, 15) is 4.79 Å². The number of carbonyl (C=O) groups is 1. The second kappa shape index (κ2) is 6.02. The van der Waals surface area contributed by atoms with E-state index in [1.165, 1.54) is 12.8 Å². The fourth-order valence-corrected chi connectivity index (χ4v) is 3.07. The van der Waals surface area contributed by atoms with Gasteiger partial charge in [0.1, 0.15) is 0 Å². The van der Waals surface area contributed by atoms with Crippen molar-refractivity contribution in [1.29, 1.82) is 0 Å². The van der Waals surface area contributed by atoms with Crippen LogP contribution in [0.3, 0.4) is 0 Å². The van der Waals surface area contributed by atoms with Gasteiger partial charge in [0.15, 0.2) is 0 Å². The van der Waals surface area contributed by atoms with Crippen LogP contribution in [-0.2, 0) is 9.53 Å². The van der Waals surface area contributed by atoms with E-state index < -0.39 is 0 Å². The molecule has 0 spiro atoms. The molecule has 2 rings (SSSR count). The van der Waals surface area contributed by atoms with Crippen LogP contribution in [0.1, 0.15) is 46.0 Å². The van der Waals surface area contributed by atoms with Crippen LogP contribution >= 0.6 is 0 Å². The first kappa shape index (κ1) is 13.8. The minimum atomic E-state index is 0.0513. The van der Waals surface area contributed by atoms with Gasteiger partial charge in [-0.3, -0.25) is 4.79 Å². The Kier molecular flexibility index (Phi) is 4.62. The quantitative estimate of drug-likeness (QED) is 0.801. The zero-order chi connectivity index (χ0) is 13.0. The fraction of sp³-hybridized carbons (Fsp3) is 0.929. The van der Waals surface area contributed by atoms with Crippen LogP contribution in [0.2, 0.25) is 0 Å². The van der Waals surface area contributed by atoms with Crippen LogP contribution in [0, 0.1) is 5.41 Å². The summed E-state index contributed by atoms with van der Waals surface area (Å²) in [5.41, 5.74) is 0.374. The predicted molar refractivity (Wildman–Crippen MR) is 71.4 cm³/mol. The molecule has 0 aromatic heterocycles. The molecule has 4 heteroatoms. The molecule has 2 fully saturated rings. The smallest absolute Gasteiger partial charge is 0.222 e. The average molecular weight is 254 g/mol. The van der Waals surface area contributed by atoms with Crippen molar-refractivity contribution in [1.82, 2.24) is 10.6 Å². The molecule has 4 nitrogen and oxygen atoms in total. The third-order valence-electron chi connectivity index (χ3n) is 3.99. The third-order valence-corrected chi connectivity index (χ3v) is 3.99. The molecule has 18 heavy (non-hydrogen) atoms. The lowest BCUT2D eigenvalue weighted by atomic mass is 9.75. The van der Waals surface area contributed by atoms with E-state index in [0.717, 1.165) is 25.9 Å². The standard InChI is InChI=1S/C14H26N2O2/c1-14(2)5-3-4-11(9-14)16-13(17)8-12-10-15-6-7-18-12/h11-12,15H,3-10H2,1-2H3,(H,16,17). The van der Waals surface area contributed by atoms with E-state index in [-0.39, 0.29) is 12.0 Å². The van der Waals surface area contributed by atoms with Crippen molar-refractivity contribution in [2.24, 2.45) is 5.41 Å². The first-order valence-electron chi connectivity index (χ1n) is 7.17. The van der Waals surface area contributed by atoms with Gasteiger partial charge < -0.3 is 15.4 Å². The summed E-state index contributed by atoms with van der Waals surface area (Å²) < 4.78 is 5.56. The Balaban J connectivity index is 1.73. The maximum atomic E-state index is 12.0. The lowest BCUT2D eigenvalue weighted by molar-refractivity contribution is -0.125. The molecule has 1 aliphatic carbocycles. The van der Waals surface area contributed by atoms with Gasteiger partial charge in [-0.1, -0.05) is 20.3 Å². The minimum absolute atomic E-state index is 0.0513. The molecule has 0 radical (unpaired) electrons. The van der Waals surface area contributed by atoms with Gasteiger partial charge in [-0.15, -0.1) is 0 Å². The molecule has 2 unspecified atom stereocenters. The number of hydrogen-bond acceptors (Lipinski definition) is 3. The number of ether oxygens (including phenoxy) is 1. The molecule has 2 atom stereocenters. The zero-order valence-corrected chi connectivity index (χ0v) is 11.6. The molecule has 104 valence electrons. The van der Waals surface area contributed by atoms with Crippen molar-refractivity contribution >= 4 is 5.91 Å². The second-order valence-corrected chi connectivity index (χ2v) is 6.43. The Bertz CT molecular complexity index is 286. The van der Waals surface area contributed by atoms with Gasteiger partial charge in [-0.25, -0.2) is 0 Å². The van der Waals surface area contributed by atoms with Gasteiger partial charge in [0, 0.05) is 19.1 Å². The van der Waals surface area contributed by atoms with Crippen LogP contribution in [0.25, 0.3) is 0 Å². The lowest BCUT2D eigenvalue weighted by Gasteiger charge is -2.35. The predicted octanol–water partition coefficient (Wildman–Crippen LogP) is 1.45. The van der Waals surface area contributed by atoms with Gasteiger partial charge in [0.2, 0.25) is 5.91 Å². The number of morpholine rings is 1. The molecule has 1 saturated heterocycles. The molecule has 1 heterocycles. The van der Waals surface area contributed by atoms with Crippen LogP contribution in [0.15, 0.2) is 0 Å². The number of amides is 1. The summed E-state index contributed by atoms with van der Waals surface area (Å²) in [7, 11) is 0. The van der Waals surface area contributed by atoms with Gasteiger partial charge >= 0.3 is 0 Å². The summed E-state index contributed by atoms with van der Waals surface area (Å²) in [5, 5.41) is 6.43. The monoisotopic (exact) mass is 254 g/mol. The van der Waals surface area contributed by atoms with E-state index in [2.05, 4.69) is 24.5 Å². The molecule has 0 aromatic rings. The Morgan fingerprint density at radius 1 is 1.50 bits per heavy atom. The first-order chi connectivity index (χ1) is 8.55. The summed E-state index contributed by atoms with van der Waals surface area (Å²) in [5.74, 6) is 0.145. The van der Waals surface area contributed by atoms with E-state index in [1.807, 2.05) is 0 Å². The van der Waals surface area contributed by atoms with Gasteiger partial charge in [0.25, 0.3) is 0 Å². The lowest BCUT2D eigenvalue weighted by Crippen LogP contribution is -2.45. The Labute approximate surface area is 110 Å². The van der Waals surface area contributed by atoms with Crippen LogP contribution in [0.4, 0.5) is 0 Å². The third kappa shape index (κ3) is 4.25. The molecule has 1 aliphatic heterocycles. The van der Waals surface area contributed by atoms with Gasteiger partial charge in [-0.2, -0.15) is 0 Å². The van der Waals surface area contributed by atoms with Crippen LogP contribution in [-0.4, -0.2) is 37.7 Å². The summed E-state index contributed by atoms with van der Waals surface area (Å²) in [4.78, 5) is 12.0. The first-order valence-corrected chi connectivity index (χ1v) is 7.17. The minimum Gasteiger partial charge on any atom is -0.375 e. The summed E-state index contributed by atoms with van der Waals surface area (Å²) >= 11 is 0. The van der Waals surface area contributed by atoms with E-state index >= 15 is 0 Å². The molecular formula is C14H26N2O2. The Morgan fingerprint density at radius 2 is 2.33 bits per heavy atom. The number of hydrogen-bond donors (Lipinski definition) is 2. The summed E-state index contributed by atoms with van der Waals surface area (Å²) in [6.45, 7) is 6.99.